The van der Waals surface area contributed by atoms with Gasteiger partial charge in [0.15, 0.2) is 0 Å². The van der Waals surface area contributed by atoms with Gasteiger partial charge in [0, 0.05) is 6.42 Å². The summed E-state index contributed by atoms with van der Waals surface area (Å²) >= 11 is 0. The van der Waals surface area contributed by atoms with Gasteiger partial charge in [-0.05, 0) is 52.0 Å². The van der Waals surface area contributed by atoms with E-state index in [1.165, 1.54) is 22.3 Å². The summed E-state index contributed by atoms with van der Waals surface area (Å²) in [5.74, 6) is 0.813. The fourth-order valence-corrected chi connectivity index (χ4v) is 3.80. The van der Waals surface area contributed by atoms with Gasteiger partial charge in [0.05, 0.1) is 6.61 Å². The second-order valence-electron chi connectivity index (χ2n) is 7.53. The van der Waals surface area contributed by atoms with E-state index in [0.29, 0.717) is 13.0 Å². The fraction of sp³-hybridized carbons (Fsp3) is 0.100. The summed E-state index contributed by atoms with van der Waals surface area (Å²) in [7, 11) is 0. The van der Waals surface area contributed by atoms with E-state index in [-0.39, 0.29) is 0 Å². The number of carbonyl (C=O) groups is 1. The van der Waals surface area contributed by atoms with Crippen LogP contribution in [0.2, 0.25) is 0 Å². The van der Waals surface area contributed by atoms with Gasteiger partial charge < -0.3 is 9.53 Å². The third-order valence-electron chi connectivity index (χ3n) is 5.32. The minimum absolute atomic E-state index is 0.524. The minimum atomic E-state index is 0.524. The number of carbonyl (C=O) groups excluding carboxylic acids is 1. The SMILES string of the molecule is O=CCCCOc1ccc(C(=C(c2ccccc2)c2ccccc2)c2ccccc2)cc1. The molecule has 0 unspecified atom stereocenters. The minimum Gasteiger partial charge on any atom is -0.494 e. The van der Waals surface area contributed by atoms with Crippen molar-refractivity contribution in [2.24, 2.45) is 0 Å². The topological polar surface area (TPSA) is 26.3 Å². The molecule has 0 amide bonds. The van der Waals surface area contributed by atoms with Crippen LogP contribution in [0.5, 0.6) is 5.75 Å². The number of unbranched alkanes of at least 4 members (excludes halogenated alkanes) is 1. The second kappa shape index (κ2) is 10.9. The number of ether oxygens (including phenoxy) is 1. The van der Waals surface area contributed by atoms with Crippen LogP contribution in [0.15, 0.2) is 115 Å². The van der Waals surface area contributed by atoms with E-state index in [4.69, 9.17) is 4.74 Å². The van der Waals surface area contributed by atoms with Crippen LogP contribution in [0.25, 0.3) is 11.1 Å². The number of hydrogen-bond acceptors (Lipinski definition) is 2. The van der Waals surface area contributed by atoms with Crippen molar-refractivity contribution in [2.75, 3.05) is 6.61 Å². The maximum absolute atomic E-state index is 10.5. The van der Waals surface area contributed by atoms with Crippen molar-refractivity contribution in [3.8, 4) is 5.75 Å². The van der Waals surface area contributed by atoms with Gasteiger partial charge in [-0.1, -0.05) is 103 Å². The van der Waals surface area contributed by atoms with E-state index in [0.717, 1.165) is 29.6 Å². The normalized spacial score (nSPS) is 10.4. The zero-order valence-corrected chi connectivity index (χ0v) is 18.0. The summed E-state index contributed by atoms with van der Waals surface area (Å²) in [6.07, 6.45) is 2.18. The Labute approximate surface area is 189 Å². The molecular formula is C30H26O2. The molecule has 4 aromatic rings. The largest absolute Gasteiger partial charge is 0.494 e. The van der Waals surface area contributed by atoms with Crippen molar-refractivity contribution in [1.29, 1.82) is 0 Å². The predicted molar refractivity (Wildman–Crippen MR) is 132 cm³/mol. The summed E-state index contributed by atoms with van der Waals surface area (Å²) < 4.78 is 5.80. The Hall–Kier alpha value is -3.91. The Morgan fingerprint density at radius 1 is 0.562 bits per heavy atom. The van der Waals surface area contributed by atoms with E-state index in [2.05, 4.69) is 84.9 Å². The monoisotopic (exact) mass is 418 g/mol. The highest BCUT2D eigenvalue weighted by molar-refractivity contribution is 6.04. The van der Waals surface area contributed by atoms with Crippen LogP contribution in [0, 0.1) is 0 Å². The van der Waals surface area contributed by atoms with Gasteiger partial charge in [-0.15, -0.1) is 0 Å². The quantitative estimate of drug-likeness (QED) is 0.165. The molecule has 32 heavy (non-hydrogen) atoms. The van der Waals surface area contributed by atoms with Crippen LogP contribution < -0.4 is 4.74 Å². The van der Waals surface area contributed by atoms with Gasteiger partial charge in [-0.25, -0.2) is 0 Å². The molecule has 2 heteroatoms. The van der Waals surface area contributed by atoms with Crippen LogP contribution in [0.3, 0.4) is 0 Å². The molecular weight excluding hydrogens is 392 g/mol. The molecule has 0 aliphatic heterocycles. The Bertz CT molecular complexity index is 1100. The molecule has 0 radical (unpaired) electrons. The Kier molecular flexibility index (Phi) is 7.28. The standard InChI is InChI=1S/C30H26O2/c31-22-10-11-23-32-28-20-18-27(19-21-28)30(26-16-8-3-9-17-26)29(24-12-4-1-5-13-24)25-14-6-2-7-15-25/h1-9,12-22H,10-11,23H2. The number of aldehydes is 1. The molecule has 0 aliphatic rings. The lowest BCUT2D eigenvalue weighted by Crippen LogP contribution is -1.99. The molecule has 0 saturated carbocycles. The van der Waals surface area contributed by atoms with Gasteiger partial charge in [0.25, 0.3) is 0 Å². The molecule has 0 aromatic heterocycles. The molecule has 0 saturated heterocycles. The zero-order chi connectivity index (χ0) is 22.0. The molecule has 4 rings (SSSR count). The Balaban J connectivity index is 1.84. The number of rotatable bonds is 9. The summed E-state index contributed by atoms with van der Waals surface area (Å²) in [6.45, 7) is 0.540. The fourth-order valence-electron chi connectivity index (χ4n) is 3.80. The molecule has 0 bridgehead atoms. The van der Waals surface area contributed by atoms with Gasteiger partial charge >= 0.3 is 0 Å². The summed E-state index contributed by atoms with van der Waals surface area (Å²) in [5.41, 5.74) is 7.00. The first kappa shape index (κ1) is 21.3. The van der Waals surface area contributed by atoms with E-state index in [1.807, 2.05) is 30.3 Å². The van der Waals surface area contributed by atoms with Crippen molar-refractivity contribution >= 4 is 17.4 Å². The van der Waals surface area contributed by atoms with Crippen LogP contribution in [0.4, 0.5) is 0 Å². The summed E-state index contributed by atoms with van der Waals surface area (Å²) in [4.78, 5) is 10.5. The van der Waals surface area contributed by atoms with Gasteiger partial charge in [-0.3, -0.25) is 0 Å². The number of benzene rings is 4. The Morgan fingerprint density at radius 3 is 1.38 bits per heavy atom. The summed E-state index contributed by atoms with van der Waals surface area (Å²) in [5, 5.41) is 0. The van der Waals surface area contributed by atoms with Gasteiger partial charge in [0.1, 0.15) is 12.0 Å². The first-order valence-corrected chi connectivity index (χ1v) is 10.9. The first-order chi connectivity index (χ1) is 15.9. The lowest BCUT2D eigenvalue weighted by molar-refractivity contribution is -0.108. The third kappa shape index (κ3) is 5.22. The molecule has 0 aliphatic carbocycles. The van der Waals surface area contributed by atoms with E-state index >= 15 is 0 Å². The second-order valence-corrected chi connectivity index (χ2v) is 7.53. The molecule has 4 aromatic carbocycles. The molecule has 0 N–H and O–H groups in total. The zero-order valence-electron chi connectivity index (χ0n) is 18.0. The van der Waals surface area contributed by atoms with Crippen LogP contribution >= 0.6 is 0 Å². The maximum Gasteiger partial charge on any atom is 0.120 e. The smallest absolute Gasteiger partial charge is 0.120 e. The predicted octanol–water partition coefficient (Wildman–Crippen LogP) is 7.05. The Morgan fingerprint density at radius 2 is 0.969 bits per heavy atom. The van der Waals surface area contributed by atoms with Crippen LogP contribution in [0.1, 0.15) is 35.1 Å². The van der Waals surface area contributed by atoms with Crippen molar-refractivity contribution < 1.29 is 9.53 Å². The number of hydrogen-bond donors (Lipinski definition) is 0. The van der Waals surface area contributed by atoms with Crippen molar-refractivity contribution in [2.45, 2.75) is 12.8 Å². The van der Waals surface area contributed by atoms with Gasteiger partial charge in [-0.2, -0.15) is 0 Å². The molecule has 2 nitrogen and oxygen atoms in total. The highest BCUT2D eigenvalue weighted by Gasteiger charge is 2.16. The lowest BCUT2D eigenvalue weighted by atomic mass is 9.86. The average molecular weight is 419 g/mol. The van der Waals surface area contributed by atoms with Crippen LogP contribution in [-0.4, -0.2) is 12.9 Å². The first-order valence-electron chi connectivity index (χ1n) is 10.9. The highest BCUT2D eigenvalue weighted by atomic mass is 16.5. The third-order valence-corrected chi connectivity index (χ3v) is 5.32. The summed E-state index contributed by atoms with van der Waals surface area (Å²) in [6, 6.07) is 39.8. The van der Waals surface area contributed by atoms with Crippen molar-refractivity contribution in [3.63, 3.8) is 0 Å². The van der Waals surface area contributed by atoms with Crippen molar-refractivity contribution in [3.05, 3.63) is 138 Å². The molecule has 0 heterocycles. The van der Waals surface area contributed by atoms with E-state index in [1.54, 1.807) is 0 Å². The van der Waals surface area contributed by atoms with Crippen molar-refractivity contribution in [1.82, 2.24) is 0 Å². The maximum atomic E-state index is 10.5. The van der Waals surface area contributed by atoms with Crippen LogP contribution in [-0.2, 0) is 4.79 Å². The highest BCUT2D eigenvalue weighted by Crippen LogP contribution is 2.37. The van der Waals surface area contributed by atoms with Gasteiger partial charge in [0.2, 0.25) is 0 Å². The van der Waals surface area contributed by atoms with E-state index < -0.39 is 0 Å². The molecule has 158 valence electrons. The molecule has 0 atom stereocenters. The average Bonchev–Trinajstić information content (AvgIpc) is 2.87. The molecule has 0 spiro atoms. The van der Waals surface area contributed by atoms with E-state index in [9.17, 15) is 4.79 Å². The lowest BCUT2D eigenvalue weighted by Gasteiger charge is -2.18. The molecule has 0 fully saturated rings.